The van der Waals surface area contributed by atoms with Gasteiger partial charge in [0.15, 0.2) is 6.29 Å². The summed E-state index contributed by atoms with van der Waals surface area (Å²) in [5.41, 5.74) is 3.72. The highest BCUT2D eigenvalue weighted by Crippen LogP contribution is 2.45. The first kappa shape index (κ1) is 13.2. The van der Waals surface area contributed by atoms with Gasteiger partial charge >= 0.3 is 0 Å². The number of benzene rings is 1. The van der Waals surface area contributed by atoms with E-state index in [1.165, 1.54) is 0 Å². The third-order valence-corrected chi connectivity index (χ3v) is 5.19. The van der Waals surface area contributed by atoms with Crippen LogP contribution in [0.1, 0.15) is 18.3 Å². The third kappa shape index (κ3) is 1.63. The second-order valence-electron chi connectivity index (χ2n) is 6.63. The van der Waals surface area contributed by atoms with Crippen LogP contribution in [0.15, 0.2) is 29.3 Å². The summed E-state index contributed by atoms with van der Waals surface area (Å²) in [5, 5.41) is 18.3. The summed E-state index contributed by atoms with van der Waals surface area (Å²) in [4.78, 5) is 6.85. The Morgan fingerprint density at radius 2 is 2.04 bits per heavy atom. The molecule has 1 saturated heterocycles. The molecule has 0 aliphatic carbocycles. The van der Waals surface area contributed by atoms with E-state index in [9.17, 15) is 5.11 Å². The van der Waals surface area contributed by atoms with Crippen molar-refractivity contribution in [2.75, 3.05) is 4.90 Å². The van der Waals surface area contributed by atoms with E-state index in [0.29, 0.717) is 0 Å². The molecule has 1 aromatic heterocycles. The van der Waals surface area contributed by atoms with Crippen LogP contribution in [0.25, 0.3) is 5.69 Å². The molecule has 23 heavy (non-hydrogen) atoms. The lowest BCUT2D eigenvalue weighted by Gasteiger charge is -2.37. The molecule has 3 aliphatic heterocycles. The van der Waals surface area contributed by atoms with Gasteiger partial charge in [-0.15, -0.1) is 5.10 Å². The van der Waals surface area contributed by atoms with Gasteiger partial charge in [0.25, 0.3) is 0 Å². The normalized spacial score (nSPS) is 33.9. The van der Waals surface area contributed by atoms with Crippen molar-refractivity contribution < 1.29 is 9.84 Å². The predicted molar refractivity (Wildman–Crippen MR) is 83.8 cm³/mol. The van der Waals surface area contributed by atoms with E-state index < -0.39 is 6.29 Å². The Morgan fingerprint density at radius 3 is 2.78 bits per heavy atom. The molecule has 1 N–H and O–H groups in total. The van der Waals surface area contributed by atoms with Gasteiger partial charge in [0.1, 0.15) is 12.1 Å². The molecule has 3 aliphatic rings. The Hall–Kier alpha value is -2.25. The molecule has 0 bridgehead atoms. The van der Waals surface area contributed by atoms with Gasteiger partial charge in [0, 0.05) is 6.42 Å². The number of aliphatic hydroxyl groups excluding tert-OH is 1. The first-order valence-corrected chi connectivity index (χ1v) is 7.76. The molecule has 0 amide bonds. The number of nitrogens with zero attached hydrogens (tertiary/aromatic N) is 5. The van der Waals surface area contributed by atoms with Crippen molar-refractivity contribution in [1.82, 2.24) is 15.0 Å². The van der Waals surface area contributed by atoms with Gasteiger partial charge in [-0.2, -0.15) is 0 Å². The lowest BCUT2D eigenvalue weighted by molar-refractivity contribution is 0.155. The number of anilines is 1. The number of para-hydroxylation sites is 2. The quantitative estimate of drug-likeness (QED) is 0.789. The Bertz CT molecular complexity index is 832. The molecule has 0 saturated carbocycles. The molecule has 0 spiro atoms. The van der Waals surface area contributed by atoms with Crippen LogP contribution in [0.3, 0.4) is 0 Å². The van der Waals surface area contributed by atoms with Crippen molar-refractivity contribution in [3.8, 4) is 5.69 Å². The highest BCUT2D eigenvalue weighted by Gasteiger charge is 2.57. The molecule has 118 valence electrons. The SMILES string of the molecule is Cc1nnn2c1CC1(C)C(C3OC3O)N=CN1c1ccccc1-2. The molecule has 1 aromatic carbocycles. The van der Waals surface area contributed by atoms with Crippen LogP contribution in [0.4, 0.5) is 5.69 Å². The van der Waals surface area contributed by atoms with E-state index in [-0.39, 0.29) is 17.7 Å². The fourth-order valence-corrected chi connectivity index (χ4v) is 3.84. The molecule has 4 heterocycles. The van der Waals surface area contributed by atoms with Crippen LogP contribution in [-0.2, 0) is 11.2 Å². The van der Waals surface area contributed by atoms with Crippen molar-refractivity contribution in [3.05, 3.63) is 35.7 Å². The van der Waals surface area contributed by atoms with Crippen molar-refractivity contribution in [2.45, 2.75) is 44.2 Å². The molecule has 2 aromatic rings. The number of hydrogen-bond acceptors (Lipinski definition) is 6. The van der Waals surface area contributed by atoms with Crippen molar-refractivity contribution in [3.63, 3.8) is 0 Å². The topological polar surface area (TPSA) is 79.1 Å². The number of epoxide rings is 1. The van der Waals surface area contributed by atoms with Crippen molar-refractivity contribution in [2.24, 2.45) is 4.99 Å². The monoisotopic (exact) mass is 311 g/mol. The second kappa shape index (κ2) is 4.18. The second-order valence-corrected chi connectivity index (χ2v) is 6.63. The van der Waals surface area contributed by atoms with E-state index in [2.05, 4.69) is 33.2 Å². The Morgan fingerprint density at radius 1 is 1.30 bits per heavy atom. The van der Waals surface area contributed by atoms with E-state index in [0.717, 1.165) is 29.2 Å². The highest BCUT2D eigenvalue weighted by molar-refractivity contribution is 5.88. The summed E-state index contributed by atoms with van der Waals surface area (Å²) in [6, 6.07) is 8.00. The first-order chi connectivity index (χ1) is 11.1. The molecule has 0 radical (unpaired) electrons. The van der Waals surface area contributed by atoms with Gasteiger partial charge in [-0.05, 0) is 26.0 Å². The number of rotatable bonds is 1. The van der Waals surface area contributed by atoms with Crippen LogP contribution in [-0.4, -0.2) is 50.4 Å². The third-order valence-electron chi connectivity index (χ3n) is 5.19. The zero-order valence-electron chi connectivity index (χ0n) is 12.9. The standard InChI is InChI=1S/C16H17N5O2/c1-9-12-7-16(2)14(13-15(22)23-13)17-8-20(16)10-5-3-4-6-11(10)21(12)19-18-9/h3-6,8,13-15,22H,7H2,1-2H3. The summed E-state index contributed by atoms with van der Waals surface area (Å²) in [6.45, 7) is 4.14. The number of fused-ring (bicyclic) bond motifs is 5. The van der Waals surface area contributed by atoms with Gasteiger partial charge in [-0.3, -0.25) is 4.99 Å². The fourth-order valence-electron chi connectivity index (χ4n) is 3.84. The van der Waals surface area contributed by atoms with E-state index in [1.807, 2.05) is 36.1 Å². The van der Waals surface area contributed by atoms with Gasteiger partial charge < -0.3 is 14.7 Å². The minimum atomic E-state index is -0.712. The molecular formula is C16H17N5O2. The number of aromatic nitrogens is 3. The van der Waals surface area contributed by atoms with Crippen LogP contribution in [0.2, 0.25) is 0 Å². The maximum atomic E-state index is 9.72. The molecule has 7 heteroatoms. The predicted octanol–water partition coefficient (Wildman–Crippen LogP) is 0.825. The maximum absolute atomic E-state index is 9.72. The van der Waals surface area contributed by atoms with E-state index in [1.54, 1.807) is 0 Å². The summed E-state index contributed by atoms with van der Waals surface area (Å²) >= 11 is 0. The Labute approximate surface area is 133 Å². The minimum absolute atomic E-state index is 0.119. The molecular weight excluding hydrogens is 294 g/mol. The summed E-state index contributed by atoms with van der Waals surface area (Å²) in [5.74, 6) is 0. The van der Waals surface area contributed by atoms with Crippen molar-refractivity contribution in [1.29, 1.82) is 0 Å². The van der Waals surface area contributed by atoms with Gasteiger partial charge in [0.2, 0.25) is 0 Å². The van der Waals surface area contributed by atoms with E-state index >= 15 is 0 Å². The number of aliphatic hydroxyl groups is 1. The van der Waals surface area contributed by atoms with Gasteiger partial charge in [-0.1, -0.05) is 17.3 Å². The lowest BCUT2D eigenvalue weighted by Crippen LogP contribution is -2.52. The number of aryl methyl sites for hydroxylation is 1. The van der Waals surface area contributed by atoms with Crippen LogP contribution in [0.5, 0.6) is 0 Å². The average molecular weight is 311 g/mol. The summed E-state index contributed by atoms with van der Waals surface area (Å²) in [7, 11) is 0. The Kier molecular flexibility index (Phi) is 2.40. The first-order valence-electron chi connectivity index (χ1n) is 7.76. The fraction of sp³-hybridized carbons (Fsp3) is 0.438. The van der Waals surface area contributed by atoms with E-state index in [4.69, 9.17) is 4.74 Å². The minimum Gasteiger partial charge on any atom is -0.366 e. The average Bonchev–Trinajstić information content (AvgIpc) is 3.04. The number of hydrogen-bond donors (Lipinski definition) is 1. The zero-order chi connectivity index (χ0) is 15.8. The smallest absolute Gasteiger partial charge is 0.184 e. The highest BCUT2D eigenvalue weighted by atomic mass is 16.7. The molecule has 4 unspecified atom stereocenters. The maximum Gasteiger partial charge on any atom is 0.184 e. The molecule has 7 nitrogen and oxygen atoms in total. The van der Waals surface area contributed by atoms with Gasteiger partial charge in [0.05, 0.1) is 34.6 Å². The Balaban J connectivity index is 1.73. The largest absolute Gasteiger partial charge is 0.366 e. The van der Waals surface area contributed by atoms with Gasteiger partial charge in [-0.25, -0.2) is 4.68 Å². The van der Waals surface area contributed by atoms with Crippen LogP contribution < -0.4 is 4.90 Å². The van der Waals surface area contributed by atoms with Crippen LogP contribution >= 0.6 is 0 Å². The summed E-state index contributed by atoms with van der Waals surface area (Å²) in [6.07, 6.45) is 1.65. The molecule has 1 fully saturated rings. The van der Waals surface area contributed by atoms with Crippen molar-refractivity contribution >= 4 is 12.0 Å². The lowest BCUT2D eigenvalue weighted by atomic mass is 9.84. The number of ether oxygens (including phenoxy) is 1. The number of aliphatic imine (C=N–C) groups is 1. The molecule has 4 atom stereocenters. The molecule has 5 rings (SSSR count). The van der Waals surface area contributed by atoms with Crippen LogP contribution in [0, 0.1) is 6.92 Å². The summed E-state index contributed by atoms with van der Waals surface area (Å²) < 4.78 is 7.24. The zero-order valence-corrected chi connectivity index (χ0v) is 12.9.